The molecule has 2 aliphatic rings. The Balaban J connectivity index is 1.36. The van der Waals surface area contributed by atoms with E-state index in [4.69, 9.17) is 5.73 Å². The van der Waals surface area contributed by atoms with Gasteiger partial charge in [0.2, 0.25) is 0 Å². The van der Waals surface area contributed by atoms with Gasteiger partial charge in [0, 0.05) is 44.5 Å². The van der Waals surface area contributed by atoms with Crippen molar-refractivity contribution in [3.63, 3.8) is 0 Å². The summed E-state index contributed by atoms with van der Waals surface area (Å²) in [6.07, 6.45) is 5.24. The fraction of sp³-hybridized carbons (Fsp3) is 0.478. The highest BCUT2D eigenvalue weighted by molar-refractivity contribution is 5.94. The minimum absolute atomic E-state index is 0.0442. The van der Waals surface area contributed by atoms with E-state index in [0.29, 0.717) is 24.6 Å². The molecule has 1 fully saturated rings. The summed E-state index contributed by atoms with van der Waals surface area (Å²) >= 11 is 0. The maximum absolute atomic E-state index is 12.7. The van der Waals surface area contributed by atoms with E-state index >= 15 is 0 Å². The second-order valence-corrected chi connectivity index (χ2v) is 8.24. The van der Waals surface area contributed by atoms with Crippen LogP contribution in [0.15, 0.2) is 36.5 Å². The van der Waals surface area contributed by atoms with Gasteiger partial charge in [-0.05, 0) is 73.7 Å². The number of amides is 1. The predicted molar refractivity (Wildman–Crippen MR) is 116 cm³/mol. The molecular formula is C23H31N5O. The summed E-state index contributed by atoms with van der Waals surface area (Å²) in [4.78, 5) is 21.9. The monoisotopic (exact) mass is 393 g/mol. The predicted octanol–water partition coefficient (Wildman–Crippen LogP) is 2.14. The zero-order valence-corrected chi connectivity index (χ0v) is 17.2. The summed E-state index contributed by atoms with van der Waals surface area (Å²) in [6, 6.07) is 10.2. The minimum atomic E-state index is -0.0442. The molecule has 0 bridgehead atoms. The molecule has 29 heavy (non-hydrogen) atoms. The number of piperazine rings is 1. The van der Waals surface area contributed by atoms with Gasteiger partial charge in [0.1, 0.15) is 5.82 Å². The van der Waals surface area contributed by atoms with Crippen molar-refractivity contribution in [1.82, 2.24) is 15.2 Å². The third-order valence-electron chi connectivity index (χ3n) is 6.22. The fourth-order valence-electron chi connectivity index (χ4n) is 4.31. The average molecular weight is 394 g/mol. The lowest BCUT2D eigenvalue weighted by molar-refractivity contribution is 0.0950. The lowest BCUT2D eigenvalue weighted by Gasteiger charge is -2.33. The molecule has 1 atom stereocenters. The molecule has 1 aliphatic heterocycles. The molecule has 3 N–H and O–H groups in total. The van der Waals surface area contributed by atoms with E-state index in [1.165, 1.54) is 17.5 Å². The van der Waals surface area contributed by atoms with Crippen molar-refractivity contribution in [3.8, 4) is 0 Å². The number of nitrogens with one attached hydrogen (secondary N) is 1. The van der Waals surface area contributed by atoms with Crippen LogP contribution < -0.4 is 16.0 Å². The number of aryl methyl sites for hydroxylation is 1. The van der Waals surface area contributed by atoms with Crippen LogP contribution in [0, 0.1) is 0 Å². The Labute approximate surface area is 173 Å². The number of rotatable bonds is 5. The number of aromatic nitrogens is 1. The van der Waals surface area contributed by atoms with Gasteiger partial charge in [0.05, 0.1) is 0 Å². The third kappa shape index (κ3) is 4.60. The van der Waals surface area contributed by atoms with E-state index < -0.39 is 0 Å². The lowest BCUT2D eigenvalue weighted by atomic mass is 9.82. The van der Waals surface area contributed by atoms with Crippen LogP contribution in [0.4, 0.5) is 5.82 Å². The van der Waals surface area contributed by atoms with Gasteiger partial charge in [-0.2, -0.15) is 0 Å². The quantitative estimate of drug-likeness (QED) is 0.814. The summed E-state index contributed by atoms with van der Waals surface area (Å²) in [5.41, 5.74) is 10.3. The molecule has 0 saturated carbocycles. The van der Waals surface area contributed by atoms with Crippen molar-refractivity contribution in [1.29, 1.82) is 0 Å². The standard InChI is InChI=1S/C23H31N5O/c1-27-9-11-28(12-10-27)22-8-5-17(15-25-22)16-26-23(29)19-7-6-18-3-2-4-20(14-24)21(18)13-19/h5-8,13,15,20H,2-4,9-12,14,16,24H2,1H3,(H,26,29). The highest BCUT2D eigenvalue weighted by Gasteiger charge is 2.20. The zero-order chi connectivity index (χ0) is 20.2. The van der Waals surface area contributed by atoms with Crippen molar-refractivity contribution < 1.29 is 4.79 Å². The number of carbonyl (C=O) groups is 1. The summed E-state index contributed by atoms with van der Waals surface area (Å²) in [5, 5.41) is 3.03. The normalized spacial score (nSPS) is 19.7. The molecule has 0 spiro atoms. The number of benzene rings is 1. The maximum Gasteiger partial charge on any atom is 0.251 e. The fourth-order valence-corrected chi connectivity index (χ4v) is 4.31. The van der Waals surface area contributed by atoms with Crippen LogP contribution in [0.5, 0.6) is 0 Å². The van der Waals surface area contributed by atoms with Crippen LogP contribution in [0.1, 0.15) is 45.8 Å². The molecular weight excluding hydrogens is 362 g/mol. The van der Waals surface area contributed by atoms with E-state index in [1.807, 2.05) is 18.3 Å². The summed E-state index contributed by atoms with van der Waals surface area (Å²) < 4.78 is 0. The first kappa shape index (κ1) is 19.9. The molecule has 1 aromatic carbocycles. The molecule has 2 aromatic rings. The first-order valence-electron chi connectivity index (χ1n) is 10.6. The Morgan fingerprint density at radius 2 is 2.03 bits per heavy atom. The first-order valence-corrected chi connectivity index (χ1v) is 10.6. The van der Waals surface area contributed by atoms with Crippen LogP contribution in [0.25, 0.3) is 0 Å². The maximum atomic E-state index is 12.7. The van der Waals surface area contributed by atoms with Crippen molar-refractivity contribution in [2.75, 3.05) is 44.7 Å². The van der Waals surface area contributed by atoms with Crippen molar-refractivity contribution in [2.45, 2.75) is 31.7 Å². The van der Waals surface area contributed by atoms with E-state index in [2.05, 4.69) is 45.3 Å². The van der Waals surface area contributed by atoms with Crippen LogP contribution in [0.3, 0.4) is 0 Å². The number of nitrogens with zero attached hydrogens (tertiary/aromatic N) is 3. The van der Waals surface area contributed by atoms with Gasteiger partial charge in [-0.15, -0.1) is 0 Å². The molecule has 1 aliphatic carbocycles. The molecule has 1 saturated heterocycles. The van der Waals surface area contributed by atoms with Gasteiger partial charge >= 0.3 is 0 Å². The Morgan fingerprint density at radius 1 is 1.21 bits per heavy atom. The van der Waals surface area contributed by atoms with E-state index in [-0.39, 0.29) is 5.91 Å². The van der Waals surface area contributed by atoms with Crippen molar-refractivity contribution in [3.05, 3.63) is 58.8 Å². The smallest absolute Gasteiger partial charge is 0.251 e. The largest absolute Gasteiger partial charge is 0.354 e. The summed E-state index contributed by atoms with van der Waals surface area (Å²) in [6.45, 7) is 5.25. The molecule has 154 valence electrons. The Morgan fingerprint density at radius 3 is 2.76 bits per heavy atom. The van der Waals surface area contributed by atoms with Crippen molar-refractivity contribution >= 4 is 11.7 Å². The van der Waals surface area contributed by atoms with Gasteiger partial charge < -0.3 is 20.9 Å². The number of anilines is 1. The number of hydrogen-bond acceptors (Lipinski definition) is 5. The zero-order valence-electron chi connectivity index (χ0n) is 17.2. The van der Waals surface area contributed by atoms with Crippen LogP contribution in [0.2, 0.25) is 0 Å². The summed E-state index contributed by atoms with van der Waals surface area (Å²) in [7, 11) is 2.15. The van der Waals surface area contributed by atoms with Crippen LogP contribution in [-0.2, 0) is 13.0 Å². The van der Waals surface area contributed by atoms with E-state index in [9.17, 15) is 4.79 Å². The second-order valence-electron chi connectivity index (χ2n) is 8.24. The minimum Gasteiger partial charge on any atom is -0.354 e. The number of nitrogens with two attached hydrogens (primary N) is 1. The highest BCUT2D eigenvalue weighted by atomic mass is 16.1. The Hall–Kier alpha value is -2.44. The molecule has 6 heteroatoms. The van der Waals surface area contributed by atoms with Crippen LogP contribution >= 0.6 is 0 Å². The summed E-state index contributed by atoms with van der Waals surface area (Å²) in [5.74, 6) is 1.34. The number of fused-ring (bicyclic) bond motifs is 1. The molecule has 4 rings (SSSR count). The van der Waals surface area contributed by atoms with Gasteiger partial charge in [-0.1, -0.05) is 12.1 Å². The molecule has 1 unspecified atom stereocenters. The Kier molecular flexibility index (Phi) is 6.11. The number of pyridine rings is 1. The molecule has 0 radical (unpaired) electrons. The van der Waals surface area contributed by atoms with E-state index in [1.54, 1.807) is 0 Å². The van der Waals surface area contributed by atoms with Gasteiger partial charge in [-0.3, -0.25) is 4.79 Å². The van der Waals surface area contributed by atoms with Gasteiger partial charge in [0.15, 0.2) is 0 Å². The van der Waals surface area contributed by atoms with Crippen LogP contribution in [-0.4, -0.2) is 55.6 Å². The first-order chi connectivity index (χ1) is 14.1. The third-order valence-corrected chi connectivity index (χ3v) is 6.22. The lowest BCUT2D eigenvalue weighted by Crippen LogP contribution is -2.44. The van der Waals surface area contributed by atoms with Gasteiger partial charge in [0.25, 0.3) is 5.91 Å². The second kappa shape index (κ2) is 8.93. The number of carbonyl (C=O) groups excluding carboxylic acids is 1. The molecule has 2 heterocycles. The number of hydrogen-bond donors (Lipinski definition) is 2. The molecule has 6 nitrogen and oxygen atoms in total. The molecule has 1 aromatic heterocycles. The van der Waals surface area contributed by atoms with Gasteiger partial charge in [-0.25, -0.2) is 4.98 Å². The van der Waals surface area contributed by atoms with E-state index in [0.717, 1.165) is 50.4 Å². The molecule has 1 amide bonds. The highest BCUT2D eigenvalue weighted by Crippen LogP contribution is 2.31. The number of likely N-dealkylation sites (N-methyl/N-ethyl adjacent to an activating group) is 1. The topological polar surface area (TPSA) is 74.5 Å². The average Bonchev–Trinajstić information content (AvgIpc) is 2.77. The Bertz CT molecular complexity index is 843. The van der Waals surface area contributed by atoms with Crippen molar-refractivity contribution in [2.24, 2.45) is 5.73 Å². The SMILES string of the molecule is CN1CCN(c2ccc(CNC(=O)c3ccc4c(c3)C(CN)CCC4)cn2)CC1.